The standard InChI is InChI=1S/C16H16N2O2/c1-16(2,3)10-7-12-15(8-13(10)19)20-14-6-9(17)4-5-11(14)18-12/h4-8H,17H2,1-3H3. The van der Waals surface area contributed by atoms with Gasteiger partial charge in [0.25, 0.3) is 0 Å². The molecular weight excluding hydrogens is 252 g/mol. The molecule has 0 fully saturated rings. The van der Waals surface area contributed by atoms with Gasteiger partial charge in [0.15, 0.2) is 16.8 Å². The van der Waals surface area contributed by atoms with Gasteiger partial charge < -0.3 is 10.2 Å². The van der Waals surface area contributed by atoms with Crippen LogP contribution in [0.15, 0.2) is 39.5 Å². The molecule has 0 amide bonds. The molecule has 4 heteroatoms. The van der Waals surface area contributed by atoms with Gasteiger partial charge in [-0.25, -0.2) is 4.98 Å². The third-order valence-corrected chi connectivity index (χ3v) is 3.31. The van der Waals surface area contributed by atoms with E-state index in [1.807, 2.05) is 32.9 Å². The molecule has 1 heterocycles. The Morgan fingerprint density at radius 3 is 2.60 bits per heavy atom. The second-order valence-corrected chi connectivity index (χ2v) is 6.01. The van der Waals surface area contributed by atoms with Crippen LogP contribution in [-0.2, 0) is 5.41 Å². The number of aromatic nitrogens is 1. The van der Waals surface area contributed by atoms with Gasteiger partial charge in [0.1, 0.15) is 11.2 Å². The summed E-state index contributed by atoms with van der Waals surface area (Å²) in [6, 6.07) is 8.63. The number of hydrogen-bond acceptors (Lipinski definition) is 4. The summed E-state index contributed by atoms with van der Waals surface area (Å²) in [5, 5.41) is 0. The monoisotopic (exact) mass is 268 g/mol. The van der Waals surface area contributed by atoms with Crippen molar-refractivity contribution in [2.24, 2.45) is 0 Å². The molecule has 1 aliphatic carbocycles. The van der Waals surface area contributed by atoms with Crippen LogP contribution >= 0.6 is 0 Å². The van der Waals surface area contributed by atoms with Crippen molar-refractivity contribution < 1.29 is 4.42 Å². The molecule has 2 aliphatic rings. The van der Waals surface area contributed by atoms with Crippen LogP contribution in [0.2, 0.25) is 0 Å². The van der Waals surface area contributed by atoms with Crippen LogP contribution in [-0.4, -0.2) is 4.98 Å². The van der Waals surface area contributed by atoms with Crippen molar-refractivity contribution in [3.8, 4) is 11.5 Å². The van der Waals surface area contributed by atoms with E-state index in [-0.39, 0.29) is 10.8 Å². The van der Waals surface area contributed by atoms with Gasteiger partial charge in [0, 0.05) is 23.4 Å². The van der Waals surface area contributed by atoms with E-state index in [0.717, 1.165) is 11.1 Å². The number of nitrogen functional groups attached to an aromatic ring is 1. The van der Waals surface area contributed by atoms with Crippen molar-refractivity contribution in [3.63, 3.8) is 0 Å². The molecule has 0 spiro atoms. The fourth-order valence-corrected chi connectivity index (χ4v) is 2.26. The number of rotatable bonds is 0. The van der Waals surface area contributed by atoms with E-state index >= 15 is 0 Å². The first-order valence-corrected chi connectivity index (χ1v) is 6.49. The number of benzene rings is 2. The molecule has 0 aromatic heterocycles. The van der Waals surface area contributed by atoms with E-state index in [0.29, 0.717) is 22.7 Å². The van der Waals surface area contributed by atoms with Gasteiger partial charge in [-0.2, -0.15) is 0 Å². The minimum Gasteiger partial charge on any atom is -0.453 e. The van der Waals surface area contributed by atoms with Crippen molar-refractivity contribution >= 4 is 16.8 Å². The Morgan fingerprint density at radius 1 is 1.15 bits per heavy atom. The highest BCUT2D eigenvalue weighted by atomic mass is 16.3. The molecule has 0 unspecified atom stereocenters. The van der Waals surface area contributed by atoms with Gasteiger partial charge in [0.2, 0.25) is 0 Å². The normalized spacial score (nSPS) is 12.2. The molecule has 0 atom stereocenters. The molecule has 4 nitrogen and oxygen atoms in total. The second-order valence-electron chi connectivity index (χ2n) is 6.01. The Hall–Kier alpha value is -2.36. The number of anilines is 1. The topological polar surface area (TPSA) is 69.1 Å². The largest absolute Gasteiger partial charge is 0.453 e. The van der Waals surface area contributed by atoms with E-state index in [1.54, 1.807) is 12.1 Å². The van der Waals surface area contributed by atoms with Crippen LogP contribution < -0.4 is 11.2 Å². The highest BCUT2D eigenvalue weighted by Gasteiger charge is 2.21. The van der Waals surface area contributed by atoms with Crippen LogP contribution in [0.4, 0.5) is 5.69 Å². The molecule has 3 rings (SSSR count). The first-order chi connectivity index (χ1) is 9.34. The zero-order valence-electron chi connectivity index (χ0n) is 11.7. The van der Waals surface area contributed by atoms with Crippen LogP contribution in [0.3, 0.4) is 0 Å². The van der Waals surface area contributed by atoms with Gasteiger partial charge >= 0.3 is 0 Å². The molecule has 1 aromatic carbocycles. The van der Waals surface area contributed by atoms with Gasteiger partial charge in [-0.3, -0.25) is 4.79 Å². The highest BCUT2D eigenvalue weighted by molar-refractivity contribution is 5.79. The molecule has 20 heavy (non-hydrogen) atoms. The lowest BCUT2D eigenvalue weighted by molar-refractivity contribution is 0.578. The minimum atomic E-state index is -0.219. The van der Waals surface area contributed by atoms with E-state index in [2.05, 4.69) is 4.98 Å². The zero-order chi connectivity index (χ0) is 14.5. The average Bonchev–Trinajstić information content (AvgIpc) is 2.34. The van der Waals surface area contributed by atoms with E-state index < -0.39 is 0 Å². The van der Waals surface area contributed by atoms with Crippen LogP contribution in [0.5, 0.6) is 0 Å². The molecule has 0 saturated heterocycles. The molecule has 0 radical (unpaired) electrons. The summed E-state index contributed by atoms with van der Waals surface area (Å²) < 4.78 is 5.73. The maximum absolute atomic E-state index is 12.2. The van der Waals surface area contributed by atoms with Gasteiger partial charge in [-0.1, -0.05) is 20.8 Å². The van der Waals surface area contributed by atoms with Crippen molar-refractivity contribution in [3.05, 3.63) is 46.1 Å². The smallest absolute Gasteiger partial charge is 0.186 e. The molecule has 1 aromatic rings. The van der Waals surface area contributed by atoms with Gasteiger partial charge in [-0.15, -0.1) is 0 Å². The third kappa shape index (κ3) is 2.03. The number of nitrogens with two attached hydrogens (primary N) is 1. The Bertz CT molecular complexity index is 828. The van der Waals surface area contributed by atoms with Crippen molar-refractivity contribution in [1.82, 2.24) is 4.98 Å². The molecule has 1 aliphatic heterocycles. The summed E-state index contributed by atoms with van der Waals surface area (Å²) in [6.45, 7) is 6.03. The Morgan fingerprint density at radius 2 is 1.90 bits per heavy atom. The quantitative estimate of drug-likeness (QED) is 0.502. The molecule has 0 bridgehead atoms. The fraction of sp³-hybridized carbons (Fsp3) is 0.250. The number of nitrogens with zero attached hydrogens (tertiary/aromatic N) is 1. The molecule has 0 saturated carbocycles. The molecule has 102 valence electrons. The van der Waals surface area contributed by atoms with Crippen LogP contribution in [0.1, 0.15) is 26.3 Å². The number of hydrogen-bond donors (Lipinski definition) is 1. The predicted molar refractivity (Wildman–Crippen MR) is 80.0 cm³/mol. The first kappa shape index (κ1) is 12.7. The summed E-state index contributed by atoms with van der Waals surface area (Å²) in [4.78, 5) is 16.7. The third-order valence-electron chi connectivity index (χ3n) is 3.31. The summed E-state index contributed by atoms with van der Waals surface area (Å²) in [5.41, 5.74) is 8.82. The average molecular weight is 268 g/mol. The van der Waals surface area contributed by atoms with E-state index in [4.69, 9.17) is 10.2 Å². The van der Waals surface area contributed by atoms with Crippen molar-refractivity contribution in [2.75, 3.05) is 5.73 Å². The molecular formula is C16H16N2O2. The maximum atomic E-state index is 12.2. The van der Waals surface area contributed by atoms with Crippen LogP contribution in [0.25, 0.3) is 22.6 Å². The summed E-state index contributed by atoms with van der Waals surface area (Å²) >= 11 is 0. The second kappa shape index (κ2) is 4.07. The van der Waals surface area contributed by atoms with E-state index in [9.17, 15) is 4.79 Å². The Labute approximate surface area is 116 Å². The molecule has 2 N–H and O–H groups in total. The Balaban J connectivity index is 2.36. The SMILES string of the molecule is CC(C)(C)c1cc2nc3ccc(N)cc3oc-2cc1=O. The Kier molecular flexibility index (Phi) is 2.57. The lowest BCUT2D eigenvalue weighted by atomic mass is 9.86. The van der Waals surface area contributed by atoms with Gasteiger partial charge in [-0.05, 0) is 23.6 Å². The maximum Gasteiger partial charge on any atom is 0.186 e. The summed E-state index contributed by atoms with van der Waals surface area (Å²) in [5.74, 6) is 0.487. The lowest BCUT2D eigenvalue weighted by Gasteiger charge is -2.19. The van der Waals surface area contributed by atoms with Crippen molar-refractivity contribution in [2.45, 2.75) is 26.2 Å². The summed E-state index contributed by atoms with van der Waals surface area (Å²) in [7, 11) is 0. The lowest BCUT2D eigenvalue weighted by Crippen LogP contribution is -2.22. The zero-order valence-corrected chi connectivity index (χ0v) is 11.7. The minimum absolute atomic E-state index is 0.0289. The fourth-order valence-electron chi connectivity index (χ4n) is 2.26. The number of fused-ring (bicyclic) bond motifs is 2. The van der Waals surface area contributed by atoms with Gasteiger partial charge in [0.05, 0.1) is 0 Å². The highest BCUT2D eigenvalue weighted by Crippen LogP contribution is 2.28. The van der Waals surface area contributed by atoms with E-state index in [1.165, 1.54) is 6.07 Å². The van der Waals surface area contributed by atoms with Crippen LogP contribution in [0, 0.1) is 0 Å². The first-order valence-electron chi connectivity index (χ1n) is 6.49. The summed E-state index contributed by atoms with van der Waals surface area (Å²) in [6.07, 6.45) is 0. The predicted octanol–water partition coefficient (Wildman–Crippen LogP) is 3.17. The van der Waals surface area contributed by atoms with Crippen molar-refractivity contribution in [1.29, 1.82) is 0 Å².